The Morgan fingerprint density at radius 1 is 1.14 bits per heavy atom. The van der Waals surface area contributed by atoms with Gasteiger partial charge in [0.05, 0.1) is 10.6 Å². The smallest absolute Gasteiger partial charge is 0.406 e. The van der Waals surface area contributed by atoms with E-state index in [4.69, 9.17) is 0 Å². The highest BCUT2D eigenvalue weighted by Crippen LogP contribution is 2.27. The van der Waals surface area contributed by atoms with Crippen LogP contribution in [0.1, 0.15) is 17.4 Å². The van der Waals surface area contributed by atoms with Gasteiger partial charge in [-0.3, -0.25) is 4.79 Å². The van der Waals surface area contributed by atoms with E-state index in [0.717, 1.165) is 12.1 Å². The maximum atomic E-state index is 12.4. The number of sulfone groups is 1. The monoisotopic (exact) mass is 412 g/mol. The van der Waals surface area contributed by atoms with E-state index in [1.54, 1.807) is 0 Å². The van der Waals surface area contributed by atoms with Crippen molar-refractivity contribution in [3.63, 3.8) is 0 Å². The van der Waals surface area contributed by atoms with E-state index in [1.165, 1.54) is 43.3 Å². The van der Waals surface area contributed by atoms with E-state index >= 15 is 0 Å². The molecule has 148 valence electrons. The summed E-state index contributed by atoms with van der Waals surface area (Å²) in [6, 6.07) is 10.9. The topological polar surface area (TPSA) is 88.3 Å². The van der Waals surface area contributed by atoms with Crippen molar-refractivity contribution >= 4 is 32.3 Å². The van der Waals surface area contributed by atoms with Crippen molar-refractivity contribution in [1.82, 2.24) is 4.98 Å². The Bertz CT molecular complexity index is 1140. The van der Waals surface area contributed by atoms with Crippen LogP contribution in [0.3, 0.4) is 0 Å². The maximum Gasteiger partial charge on any atom is 0.573 e. The number of amides is 1. The molecule has 0 atom stereocenters. The number of carbonyl (C=O) groups excluding carboxylic acids is 1. The van der Waals surface area contributed by atoms with Gasteiger partial charge in [-0.15, -0.1) is 13.2 Å². The molecule has 0 bridgehead atoms. The lowest BCUT2D eigenvalue weighted by Crippen LogP contribution is -2.16. The number of halogens is 3. The molecule has 2 aromatic carbocycles. The van der Waals surface area contributed by atoms with E-state index in [0.29, 0.717) is 5.39 Å². The summed E-state index contributed by atoms with van der Waals surface area (Å²) in [6.45, 7) is 1.52. The summed E-state index contributed by atoms with van der Waals surface area (Å²) in [5.41, 5.74) is 0.663. The van der Waals surface area contributed by atoms with Gasteiger partial charge < -0.3 is 15.0 Å². The highest BCUT2D eigenvalue weighted by Gasteiger charge is 2.31. The number of alkyl halides is 3. The van der Waals surface area contributed by atoms with Gasteiger partial charge in [-0.25, -0.2) is 8.42 Å². The van der Waals surface area contributed by atoms with Crippen LogP contribution in [0, 0.1) is 0 Å². The first-order valence-corrected chi connectivity index (χ1v) is 9.75. The number of fused-ring (bicyclic) bond motifs is 1. The van der Waals surface area contributed by atoms with Crippen molar-refractivity contribution in [2.75, 3.05) is 11.1 Å². The fourth-order valence-electron chi connectivity index (χ4n) is 2.56. The van der Waals surface area contributed by atoms with E-state index < -0.39 is 27.9 Å². The molecule has 0 aliphatic rings. The molecule has 1 aromatic heterocycles. The third-order valence-corrected chi connectivity index (χ3v) is 5.64. The standard InChI is InChI=1S/C18H15F3N2O4S/c1-2-28(25,26)14-5-3-4-12(9-14)22-17(24)16-8-11-6-7-13(10-15(11)23-16)27-18(19,20)21/h3-10,23H,2H2,1H3,(H,22,24). The Labute approximate surface area is 158 Å². The fourth-order valence-corrected chi connectivity index (χ4v) is 3.48. The van der Waals surface area contributed by atoms with Gasteiger partial charge in [0, 0.05) is 22.7 Å². The van der Waals surface area contributed by atoms with Crippen LogP contribution in [-0.4, -0.2) is 31.4 Å². The molecule has 0 unspecified atom stereocenters. The average molecular weight is 412 g/mol. The molecule has 1 amide bonds. The summed E-state index contributed by atoms with van der Waals surface area (Å²) in [7, 11) is -3.43. The Morgan fingerprint density at radius 3 is 2.57 bits per heavy atom. The van der Waals surface area contributed by atoms with Crippen LogP contribution in [0.2, 0.25) is 0 Å². The van der Waals surface area contributed by atoms with Crippen molar-refractivity contribution in [2.24, 2.45) is 0 Å². The number of carbonyl (C=O) groups is 1. The SMILES string of the molecule is CCS(=O)(=O)c1cccc(NC(=O)c2cc3ccc(OC(F)(F)F)cc3[nH]2)c1. The van der Waals surface area contributed by atoms with Crippen LogP contribution in [0.15, 0.2) is 53.4 Å². The number of nitrogens with one attached hydrogen (secondary N) is 2. The summed E-state index contributed by atoms with van der Waals surface area (Å²) in [6.07, 6.45) is -4.82. The van der Waals surface area contributed by atoms with Gasteiger partial charge in [-0.1, -0.05) is 13.0 Å². The molecule has 0 aliphatic heterocycles. The summed E-state index contributed by atoms with van der Waals surface area (Å²) in [5.74, 6) is -1.05. The molecule has 0 spiro atoms. The second-order valence-electron chi connectivity index (χ2n) is 5.87. The molecule has 0 saturated carbocycles. The van der Waals surface area contributed by atoms with Crippen LogP contribution < -0.4 is 10.1 Å². The highest BCUT2D eigenvalue weighted by molar-refractivity contribution is 7.91. The Kier molecular flexibility index (Phi) is 5.07. The number of hydrogen-bond donors (Lipinski definition) is 2. The Morgan fingerprint density at radius 2 is 1.89 bits per heavy atom. The van der Waals surface area contributed by atoms with Crippen LogP contribution in [0.5, 0.6) is 5.75 Å². The van der Waals surface area contributed by atoms with Crippen molar-refractivity contribution < 1.29 is 31.1 Å². The molecule has 0 saturated heterocycles. The second kappa shape index (κ2) is 7.19. The van der Waals surface area contributed by atoms with Gasteiger partial charge in [-0.05, 0) is 36.4 Å². The van der Waals surface area contributed by atoms with E-state index in [1.807, 2.05) is 0 Å². The van der Waals surface area contributed by atoms with Crippen molar-refractivity contribution in [3.8, 4) is 5.75 Å². The Balaban J connectivity index is 1.83. The quantitative estimate of drug-likeness (QED) is 0.660. The predicted octanol–water partition coefficient (Wildman–Crippen LogP) is 4.11. The first-order chi connectivity index (χ1) is 13.1. The second-order valence-corrected chi connectivity index (χ2v) is 8.14. The summed E-state index contributed by atoms with van der Waals surface area (Å²) in [4.78, 5) is 15.2. The fraction of sp³-hybridized carbons (Fsp3) is 0.167. The number of ether oxygens (including phenoxy) is 1. The van der Waals surface area contributed by atoms with Gasteiger partial charge >= 0.3 is 6.36 Å². The summed E-state index contributed by atoms with van der Waals surface area (Å²) < 4.78 is 64.7. The van der Waals surface area contributed by atoms with Gasteiger partial charge in [-0.2, -0.15) is 0 Å². The Hall–Kier alpha value is -3.01. The zero-order valence-electron chi connectivity index (χ0n) is 14.5. The summed E-state index contributed by atoms with van der Waals surface area (Å²) >= 11 is 0. The third-order valence-electron chi connectivity index (χ3n) is 3.90. The number of hydrogen-bond acceptors (Lipinski definition) is 4. The minimum Gasteiger partial charge on any atom is -0.406 e. The first-order valence-electron chi connectivity index (χ1n) is 8.10. The van der Waals surface area contributed by atoms with Crippen molar-refractivity contribution in [1.29, 1.82) is 0 Å². The van der Waals surface area contributed by atoms with Gasteiger partial charge in [0.15, 0.2) is 9.84 Å². The lowest BCUT2D eigenvalue weighted by Gasteiger charge is -2.08. The molecule has 0 aliphatic carbocycles. The molecule has 28 heavy (non-hydrogen) atoms. The van der Waals surface area contributed by atoms with Gasteiger partial charge in [0.25, 0.3) is 5.91 Å². The maximum absolute atomic E-state index is 12.4. The number of anilines is 1. The highest BCUT2D eigenvalue weighted by atomic mass is 32.2. The van der Waals surface area contributed by atoms with E-state index in [-0.39, 0.29) is 27.5 Å². The minimum atomic E-state index is -4.82. The molecule has 0 radical (unpaired) electrons. The van der Waals surface area contributed by atoms with E-state index in [9.17, 15) is 26.4 Å². The molecule has 2 N–H and O–H groups in total. The molecule has 3 rings (SSSR count). The summed E-state index contributed by atoms with van der Waals surface area (Å²) in [5, 5.41) is 3.08. The van der Waals surface area contributed by atoms with Gasteiger partial charge in [0.2, 0.25) is 0 Å². The minimum absolute atomic E-state index is 0.0747. The number of aromatic nitrogens is 1. The molecule has 0 fully saturated rings. The zero-order chi connectivity index (χ0) is 20.5. The lowest BCUT2D eigenvalue weighted by atomic mass is 10.2. The predicted molar refractivity (Wildman–Crippen MR) is 97.1 cm³/mol. The largest absolute Gasteiger partial charge is 0.573 e. The van der Waals surface area contributed by atoms with Crippen LogP contribution in [-0.2, 0) is 9.84 Å². The number of aromatic amines is 1. The number of H-pyrrole nitrogens is 1. The average Bonchev–Trinajstić information content (AvgIpc) is 3.04. The third kappa shape index (κ3) is 4.45. The van der Waals surface area contributed by atoms with Crippen molar-refractivity contribution in [3.05, 3.63) is 54.2 Å². The molecule has 6 nitrogen and oxygen atoms in total. The van der Waals surface area contributed by atoms with Crippen molar-refractivity contribution in [2.45, 2.75) is 18.2 Å². The van der Waals surface area contributed by atoms with Crippen LogP contribution in [0.4, 0.5) is 18.9 Å². The lowest BCUT2D eigenvalue weighted by molar-refractivity contribution is -0.274. The van der Waals surface area contributed by atoms with Gasteiger partial charge in [0.1, 0.15) is 11.4 Å². The molecule has 3 aromatic rings. The van der Waals surface area contributed by atoms with E-state index in [2.05, 4.69) is 15.0 Å². The number of rotatable bonds is 5. The molecule has 1 heterocycles. The molecular formula is C18H15F3N2O4S. The molecular weight excluding hydrogens is 397 g/mol. The normalized spacial score (nSPS) is 12.1. The van der Waals surface area contributed by atoms with Crippen LogP contribution >= 0.6 is 0 Å². The number of benzene rings is 2. The molecule has 10 heteroatoms. The first kappa shape index (κ1) is 19.7. The zero-order valence-corrected chi connectivity index (χ0v) is 15.3. The van der Waals surface area contributed by atoms with Crippen LogP contribution in [0.25, 0.3) is 10.9 Å².